The minimum Gasteiger partial charge on any atom is -0.312 e. The summed E-state index contributed by atoms with van der Waals surface area (Å²) in [7, 11) is 2.32. The lowest BCUT2D eigenvalue weighted by Crippen LogP contribution is -2.54. The van der Waals surface area contributed by atoms with Gasteiger partial charge in [-0.05, 0) is 45.7 Å². The molecule has 1 N–H and O–H groups in total. The Kier molecular flexibility index (Phi) is 6.50. The van der Waals surface area contributed by atoms with Crippen LogP contribution in [-0.4, -0.2) is 36.6 Å². The number of nitrogens with one attached hydrogen (secondary N) is 1. The van der Waals surface area contributed by atoms with Gasteiger partial charge in [0.15, 0.2) is 0 Å². The first-order valence-electron chi connectivity index (χ1n) is 7.53. The topological polar surface area (TPSA) is 15.3 Å². The quantitative estimate of drug-likeness (QED) is 0.766. The van der Waals surface area contributed by atoms with Crippen LogP contribution in [0.5, 0.6) is 0 Å². The fraction of sp³-hybridized carbons (Fsp3) is 1.00. The smallest absolute Gasteiger partial charge is 0.0249 e. The Labute approximate surface area is 108 Å². The lowest BCUT2D eigenvalue weighted by atomic mass is 9.87. The second-order valence-corrected chi connectivity index (χ2v) is 6.06. The van der Waals surface area contributed by atoms with Gasteiger partial charge in [0.25, 0.3) is 0 Å². The van der Waals surface area contributed by atoms with Crippen molar-refractivity contribution in [1.82, 2.24) is 10.2 Å². The Morgan fingerprint density at radius 2 is 1.82 bits per heavy atom. The Bertz CT molecular complexity index is 203. The standard InChI is InChI=1S/C15H32N2/c1-6-11-16-14-9-7-8-10-15(14)17(5)13(4)12(2)3/h12-16H,6-11H2,1-5H3. The summed E-state index contributed by atoms with van der Waals surface area (Å²) < 4.78 is 0. The summed E-state index contributed by atoms with van der Waals surface area (Å²) in [5, 5.41) is 3.75. The van der Waals surface area contributed by atoms with Gasteiger partial charge in [0.2, 0.25) is 0 Å². The molecular formula is C15H32N2. The van der Waals surface area contributed by atoms with Gasteiger partial charge < -0.3 is 5.32 Å². The molecule has 0 aromatic carbocycles. The maximum Gasteiger partial charge on any atom is 0.0249 e. The van der Waals surface area contributed by atoms with Gasteiger partial charge in [-0.15, -0.1) is 0 Å². The van der Waals surface area contributed by atoms with Crippen molar-refractivity contribution in [3.8, 4) is 0 Å². The van der Waals surface area contributed by atoms with Gasteiger partial charge >= 0.3 is 0 Å². The van der Waals surface area contributed by atoms with E-state index in [0.29, 0.717) is 6.04 Å². The molecule has 1 fully saturated rings. The second kappa shape index (κ2) is 7.38. The van der Waals surface area contributed by atoms with Gasteiger partial charge in [0.05, 0.1) is 0 Å². The molecule has 2 heteroatoms. The maximum atomic E-state index is 3.75. The molecule has 0 heterocycles. The summed E-state index contributed by atoms with van der Waals surface area (Å²) in [6.07, 6.45) is 6.79. The largest absolute Gasteiger partial charge is 0.312 e. The van der Waals surface area contributed by atoms with Crippen molar-refractivity contribution in [1.29, 1.82) is 0 Å². The monoisotopic (exact) mass is 240 g/mol. The highest BCUT2D eigenvalue weighted by molar-refractivity contribution is 4.89. The molecule has 17 heavy (non-hydrogen) atoms. The van der Waals surface area contributed by atoms with E-state index >= 15 is 0 Å². The van der Waals surface area contributed by atoms with E-state index < -0.39 is 0 Å². The Morgan fingerprint density at radius 3 is 2.41 bits per heavy atom. The second-order valence-electron chi connectivity index (χ2n) is 6.06. The first-order chi connectivity index (χ1) is 8.07. The van der Waals surface area contributed by atoms with Crippen molar-refractivity contribution < 1.29 is 0 Å². The van der Waals surface area contributed by atoms with E-state index in [9.17, 15) is 0 Å². The van der Waals surface area contributed by atoms with Crippen LogP contribution in [0.1, 0.15) is 59.8 Å². The zero-order valence-electron chi connectivity index (χ0n) is 12.5. The average molecular weight is 240 g/mol. The molecule has 0 aliphatic heterocycles. The van der Waals surface area contributed by atoms with Crippen molar-refractivity contribution >= 4 is 0 Å². The SMILES string of the molecule is CCCNC1CCCCC1N(C)C(C)C(C)C. The molecule has 1 aliphatic rings. The van der Waals surface area contributed by atoms with Crippen molar-refractivity contribution in [2.75, 3.05) is 13.6 Å². The molecule has 1 rings (SSSR count). The zero-order valence-corrected chi connectivity index (χ0v) is 12.5. The molecule has 1 aliphatic carbocycles. The number of nitrogens with zero attached hydrogens (tertiary/aromatic N) is 1. The molecule has 0 saturated heterocycles. The minimum atomic E-state index is 0.684. The molecule has 2 nitrogen and oxygen atoms in total. The molecule has 0 bridgehead atoms. The summed E-state index contributed by atoms with van der Waals surface area (Å²) >= 11 is 0. The molecule has 1 saturated carbocycles. The third-order valence-corrected chi connectivity index (χ3v) is 4.52. The molecule has 0 radical (unpaired) electrons. The fourth-order valence-corrected chi connectivity index (χ4v) is 2.94. The first kappa shape index (κ1) is 15.0. The van der Waals surface area contributed by atoms with Crippen LogP contribution in [0.2, 0.25) is 0 Å². The summed E-state index contributed by atoms with van der Waals surface area (Å²) in [4.78, 5) is 2.62. The predicted molar refractivity (Wildman–Crippen MR) is 76.4 cm³/mol. The first-order valence-corrected chi connectivity index (χ1v) is 7.53. The van der Waals surface area contributed by atoms with Gasteiger partial charge in [0, 0.05) is 18.1 Å². The Balaban J connectivity index is 2.56. The lowest BCUT2D eigenvalue weighted by Gasteiger charge is -2.42. The van der Waals surface area contributed by atoms with Crippen LogP contribution in [0.3, 0.4) is 0 Å². The van der Waals surface area contributed by atoms with Crippen molar-refractivity contribution in [2.45, 2.75) is 77.9 Å². The number of rotatable bonds is 6. The molecule has 0 amide bonds. The third kappa shape index (κ3) is 4.26. The molecule has 0 spiro atoms. The highest BCUT2D eigenvalue weighted by Gasteiger charge is 2.30. The Hall–Kier alpha value is -0.0800. The molecule has 3 unspecified atom stereocenters. The summed E-state index contributed by atoms with van der Waals surface area (Å²) in [5.74, 6) is 0.744. The van der Waals surface area contributed by atoms with Gasteiger partial charge in [-0.3, -0.25) is 4.90 Å². The van der Waals surface area contributed by atoms with Crippen LogP contribution in [0.4, 0.5) is 0 Å². The third-order valence-electron chi connectivity index (χ3n) is 4.52. The predicted octanol–water partition coefficient (Wildman–Crippen LogP) is 3.27. The number of likely N-dealkylation sites (N-methyl/N-ethyl adjacent to an activating group) is 1. The van der Waals surface area contributed by atoms with E-state index in [0.717, 1.165) is 18.0 Å². The van der Waals surface area contributed by atoms with E-state index in [2.05, 4.69) is 45.0 Å². The summed E-state index contributed by atoms with van der Waals surface area (Å²) in [6, 6.07) is 2.15. The normalized spacial score (nSPS) is 27.7. The number of hydrogen-bond acceptors (Lipinski definition) is 2. The van der Waals surface area contributed by atoms with Crippen LogP contribution >= 0.6 is 0 Å². The van der Waals surface area contributed by atoms with Crippen molar-refractivity contribution in [2.24, 2.45) is 5.92 Å². The van der Waals surface area contributed by atoms with Gasteiger partial charge in [-0.2, -0.15) is 0 Å². The zero-order chi connectivity index (χ0) is 12.8. The highest BCUT2D eigenvalue weighted by Crippen LogP contribution is 2.25. The van der Waals surface area contributed by atoms with Gasteiger partial charge in [-0.1, -0.05) is 33.6 Å². The molecule has 0 aromatic heterocycles. The van der Waals surface area contributed by atoms with Gasteiger partial charge in [-0.25, -0.2) is 0 Å². The van der Waals surface area contributed by atoms with E-state index in [1.165, 1.54) is 38.6 Å². The van der Waals surface area contributed by atoms with Crippen LogP contribution < -0.4 is 5.32 Å². The van der Waals surface area contributed by atoms with E-state index in [1.807, 2.05) is 0 Å². The summed E-state index contributed by atoms with van der Waals surface area (Å²) in [5.41, 5.74) is 0. The summed E-state index contributed by atoms with van der Waals surface area (Å²) in [6.45, 7) is 10.5. The molecule has 102 valence electrons. The minimum absolute atomic E-state index is 0.684. The van der Waals surface area contributed by atoms with Gasteiger partial charge in [0.1, 0.15) is 0 Å². The highest BCUT2D eigenvalue weighted by atomic mass is 15.2. The molecule has 3 atom stereocenters. The average Bonchev–Trinajstić information content (AvgIpc) is 2.34. The molecule has 0 aromatic rings. The van der Waals surface area contributed by atoms with Crippen LogP contribution in [0.25, 0.3) is 0 Å². The van der Waals surface area contributed by atoms with Crippen LogP contribution in [0, 0.1) is 5.92 Å². The van der Waals surface area contributed by atoms with Crippen molar-refractivity contribution in [3.05, 3.63) is 0 Å². The Morgan fingerprint density at radius 1 is 1.18 bits per heavy atom. The fourth-order valence-electron chi connectivity index (χ4n) is 2.94. The van der Waals surface area contributed by atoms with Crippen molar-refractivity contribution in [3.63, 3.8) is 0 Å². The van der Waals surface area contributed by atoms with E-state index in [1.54, 1.807) is 0 Å². The molecular weight excluding hydrogens is 208 g/mol. The lowest BCUT2D eigenvalue weighted by molar-refractivity contribution is 0.0919. The van der Waals surface area contributed by atoms with Crippen LogP contribution in [-0.2, 0) is 0 Å². The maximum absolute atomic E-state index is 3.75. The number of hydrogen-bond donors (Lipinski definition) is 1. The van der Waals surface area contributed by atoms with Crippen LogP contribution in [0.15, 0.2) is 0 Å². The van der Waals surface area contributed by atoms with E-state index in [-0.39, 0.29) is 0 Å². The van der Waals surface area contributed by atoms with E-state index in [4.69, 9.17) is 0 Å².